The minimum absolute atomic E-state index is 0.121. The second-order valence-corrected chi connectivity index (χ2v) is 2.90. The molecule has 0 aliphatic carbocycles. The summed E-state index contributed by atoms with van der Waals surface area (Å²) in [6, 6.07) is 0. The molecule has 2 nitrogen and oxygen atoms in total. The highest BCUT2D eigenvalue weighted by Gasteiger charge is 1.88. The van der Waals surface area contributed by atoms with Crippen LogP contribution in [-0.2, 0) is 4.79 Å². The van der Waals surface area contributed by atoms with E-state index in [-0.39, 0.29) is 6.61 Å². The Labute approximate surface area is 73.6 Å². The molecule has 0 radical (unpaired) electrons. The van der Waals surface area contributed by atoms with Crippen LogP contribution in [0.25, 0.3) is 0 Å². The van der Waals surface area contributed by atoms with Crippen LogP contribution in [0.15, 0.2) is 23.3 Å². The van der Waals surface area contributed by atoms with E-state index in [0.29, 0.717) is 0 Å². The molecule has 0 fully saturated rings. The van der Waals surface area contributed by atoms with Gasteiger partial charge in [-0.3, -0.25) is 4.79 Å². The fourth-order valence-corrected chi connectivity index (χ4v) is 0.810. The highest BCUT2D eigenvalue weighted by atomic mass is 16.3. The molecule has 1 N–H and O–H groups in total. The van der Waals surface area contributed by atoms with Crippen molar-refractivity contribution in [2.75, 3.05) is 6.61 Å². The number of carbonyl (C=O) groups is 1. The van der Waals surface area contributed by atoms with Gasteiger partial charge in [-0.1, -0.05) is 17.2 Å². The van der Waals surface area contributed by atoms with Gasteiger partial charge in [-0.2, -0.15) is 0 Å². The van der Waals surface area contributed by atoms with E-state index in [1.807, 2.05) is 19.9 Å². The quantitative estimate of drug-likeness (QED) is 0.386. The Morgan fingerprint density at radius 2 is 2.00 bits per heavy atom. The standard InChI is InChI=1S/C10H16O2/c1-9(6-7-11)4-3-5-10(2)8-12/h5-7,12H,3-4,8H2,1-2H3/b9-6-,10-5+. The molecule has 0 saturated heterocycles. The van der Waals surface area contributed by atoms with Crippen molar-refractivity contribution in [1.29, 1.82) is 0 Å². The predicted molar refractivity (Wildman–Crippen MR) is 49.9 cm³/mol. The Bertz CT molecular complexity index is 190. The van der Waals surface area contributed by atoms with Gasteiger partial charge in [0, 0.05) is 0 Å². The highest BCUT2D eigenvalue weighted by Crippen LogP contribution is 2.05. The van der Waals surface area contributed by atoms with Crippen LogP contribution in [0.1, 0.15) is 26.7 Å². The minimum Gasteiger partial charge on any atom is -0.392 e. The summed E-state index contributed by atoms with van der Waals surface area (Å²) >= 11 is 0. The van der Waals surface area contributed by atoms with Crippen LogP contribution < -0.4 is 0 Å². The van der Waals surface area contributed by atoms with Crippen LogP contribution in [0.3, 0.4) is 0 Å². The first-order valence-electron chi connectivity index (χ1n) is 4.08. The van der Waals surface area contributed by atoms with Crippen molar-refractivity contribution < 1.29 is 9.90 Å². The zero-order chi connectivity index (χ0) is 9.40. The third-order valence-electron chi connectivity index (χ3n) is 1.63. The molecular formula is C10H16O2. The van der Waals surface area contributed by atoms with E-state index in [1.165, 1.54) is 0 Å². The van der Waals surface area contributed by atoms with Crippen LogP contribution >= 0.6 is 0 Å². The monoisotopic (exact) mass is 168 g/mol. The Kier molecular flexibility index (Phi) is 6.29. The molecule has 0 aliphatic heterocycles. The largest absolute Gasteiger partial charge is 0.392 e. The Morgan fingerprint density at radius 1 is 1.33 bits per heavy atom. The first kappa shape index (κ1) is 11.1. The van der Waals surface area contributed by atoms with Crippen molar-refractivity contribution >= 4 is 6.29 Å². The van der Waals surface area contributed by atoms with Crippen molar-refractivity contribution in [3.63, 3.8) is 0 Å². The van der Waals surface area contributed by atoms with E-state index >= 15 is 0 Å². The van der Waals surface area contributed by atoms with Gasteiger partial charge in [0.15, 0.2) is 0 Å². The maximum absolute atomic E-state index is 10.0. The zero-order valence-corrected chi connectivity index (χ0v) is 7.71. The number of hydrogen-bond acceptors (Lipinski definition) is 2. The summed E-state index contributed by atoms with van der Waals surface area (Å²) in [5, 5.41) is 8.66. The number of hydrogen-bond donors (Lipinski definition) is 1. The third kappa shape index (κ3) is 5.86. The lowest BCUT2D eigenvalue weighted by atomic mass is 10.1. The van der Waals surface area contributed by atoms with Crippen LogP contribution in [-0.4, -0.2) is 18.0 Å². The molecule has 0 saturated carbocycles. The van der Waals surface area contributed by atoms with Gasteiger partial charge >= 0.3 is 0 Å². The van der Waals surface area contributed by atoms with E-state index < -0.39 is 0 Å². The number of aliphatic hydroxyl groups excluding tert-OH is 1. The van der Waals surface area contributed by atoms with E-state index in [1.54, 1.807) is 6.08 Å². The van der Waals surface area contributed by atoms with Crippen molar-refractivity contribution in [1.82, 2.24) is 0 Å². The van der Waals surface area contributed by atoms with Gasteiger partial charge in [0.05, 0.1) is 6.61 Å². The number of carbonyl (C=O) groups excluding carboxylic acids is 1. The Balaban J connectivity index is 3.69. The Hall–Kier alpha value is -0.890. The van der Waals surface area contributed by atoms with Crippen molar-refractivity contribution in [3.05, 3.63) is 23.3 Å². The van der Waals surface area contributed by atoms with Gasteiger partial charge in [0.1, 0.15) is 6.29 Å². The molecule has 0 bridgehead atoms. The van der Waals surface area contributed by atoms with Crippen molar-refractivity contribution in [3.8, 4) is 0 Å². The molecule has 0 unspecified atom stereocenters. The topological polar surface area (TPSA) is 37.3 Å². The SMILES string of the molecule is C/C(=C/C=O)CC/C=C(\C)CO. The summed E-state index contributed by atoms with van der Waals surface area (Å²) < 4.78 is 0. The maximum Gasteiger partial charge on any atom is 0.142 e. The van der Waals surface area contributed by atoms with Gasteiger partial charge < -0.3 is 5.11 Å². The van der Waals surface area contributed by atoms with Crippen LogP contribution in [0.4, 0.5) is 0 Å². The summed E-state index contributed by atoms with van der Waals surface area (Å²) in [5.41, 5.74) is 2.06. The van der Waals surface area contributed by atoms with Crippen molar-refractivity contribution in [2.24, 2.45) is 0 Å². The normalized spacial score (nSPS) is 13.2. The molecule has 0 atom stereocenters. The molecule has 0 aromatic heterocycles. The fraction of sp³-hybridized carbons (Fsp3) is 0.500. The van der Waals surface area contributed by atoms with Crippen LogP contribution in [0.5, 0.6) is 0 Å². The van der Waals surface area contributed by atoms with Crippen LogP contribution in [0, 0.1) is 0 Å². The van der Waals surface area contributed by atoms with E-state index in [4.69, 9.17) is 5.11 Å². The second-order valence-electron chi connectivity index (χ2n) is 2.90. The lowest BCUT2D eigenvalue weighted by Crippen LogP contribution is -1.84. The first-order chi connectivity index (χ1) is 5.70. The molecule has 0 aromatic rings. The molecule has 0 rings (SSSR count). The van der Waals surface area contributed by atoms with Gasteiger partial charge in [-0.25, -0.2) is 0 Å². The molecule has 12 heavy (non-hydrogen) atoms. The molecule has 0 aliphatic rings. The van der Waals surface area contributed by atoms with E-state index in [2.05, 4.69) is 0 Å². The number of aliphatic hydroxyl groups is 1. The molecule has 0 heterocycles. The average molecular weight is 168 g/mol. The summed E-state index contributed by atoms with van der Waals surface area (Å²) in [7, 11) is 0. The summed E-state index contributed by atoms with van der Waals surface area (Å²) in [6.45, 7) is 3.94. The van der Waals surface area contributed by atoms with Crippen LogP contribution in [0.2, 0.25) is 0 Å². The number of allylic oxidation sites excluding steroid dienone is 3. The smallest absolute Gasteiger partial charge is 0.142 e. The maximum atomic E-state index is 10.0. The number of rotatable bonds is 5. The summed E-state index contributed by atoms with van der Waals surface area (Å²) in [5.74, 6) is 0. The molecule has 0 amide bonds. The lowest BCUT2D eigenvalue weighted by molar-refractivity contribution is -0.104. The zero-order valence-electron chi connectivity index (χ0n) is 7.71. The van der Waals surface area contributed by atoms with Gasteiger partial charge in [-0.05, 0) is 32.8 Å². The van der Waals surface area contributed by atoms with E-state index in [9.17, 15) is 4.79 Å². The lowest BCUT2D eigenvalue weighted by Gasteiger charge is -1.96. The summed E-state index contributed by atoms with van der Waals surface area (Å²) in [6.07, 6.45) is 6.14. The van der Waals surface area contributed by atoms with E-state index in [0.717, 1.165) is 30.3 Å². The molecule has 68 valence electrons. The van der Waals surface area contributed by atoms with Gasteiger partial charge in [0.25, 0.3) is 0 Å². The van der Waals surface area contributed by atoms with Crippen molar-refractivity contribution in [2.45, 2.75) is 26.7 Å². The number of aldehydes is 1. The Morgan fingerprint density at radius 3 is 2.50 bits per heavy atom. The summed E-state index contributed by atoms with van der Waals surface area (Å²) in [4.78, 5) is 10.0. The second kappa shape index (κ2) is 6.80. The van der Waals surface area contributed by atoms with Gasteiger partial charge in [0.2, 0.25) is 0 Å². The predicted octanol–water partition coefficient (Wildman–Crippen LogP) is 1.85. The third-order valence-corrected chi connectivity index (χ3v) is 1.63. The molecular weight excluding hydrogens is 152 g/mol. The highest BCUT2D eigenvalue weighted by molar-refractivity contribution is 5.65. The van der Waals surface area contributed by atoms with Gasteiger partial charge in [-0.15, -0.1) is 0 Å². The average Bonchev–Trinajstić information content (AvgIpc) is 2.04. The molecule has 0 spiro atoms. The first-order valence-corrected chi connectivity index (χ1v) is 4.08. The minimum atomic E-state index is 0.121. The molecule has 2 heteroatoms. The molecule has 0 aromatic carbocycles. The fourth-order valence-electron chi connectivity index (χ4n) is 0.810.